The lowest BCUT2D eigenvalue weighted by atomic mass is 10.1. The maximum absolute atomic E-state index is 12.7. The first-order valence-electron chi connectivity index (χ1n) is 5.43. The monoisotopic (exact) mass is 298 g/mol. The molecule has 0 amide bonds. The number of Topliss-reactive ketones (excluding diaryl/α,β-unsaturated/α-hetero) is 1. The number of ether oxygens (including phenoxy) is 1. The number of ketones is 1. The van der Waals surface area contributed by atoms with Gasteiger partial charge in [-0.1, -0.05) is 23.2 Å². The van der Waals surface area contributed by atoms with E-state index < -0.39 is 0 Å². The van der Waals surface area contributed by atoms with Crippen LogP contribution >= 0.6 is 23.2 Å². The van der Waals surface area contributed by atoms with Crippen LogP contribution < -0.4 is 4.74 Å². The van der Waals surface area contributed by atoms with Gasteiger partial charge in [-0.3, -0.25) is 4.79 Å². The van der Waals surface area contributed by atoms with Crippen molar-refractivity contribution in [3.63, 3.8) is 0 Å². The van der Waals surface area contributed by atoms with Gasteiger partial charge in [0.15, 0.2) is 12.4 Å². The second-order valence-electron chi connectivity index (χ2n) is 3.79. The highest BCUT2D eigenvalue weighted by molar-refractivity contribution is 6.42. The summed E-state index contributed by atoms with van der Waals surface area (Å²) in [5.41, 5.74) is 0.390. The molecular formula is C14H9Cl2FO2. The number of hydrogen-bond acceptors (Lipinski definition) is 2. The van der Waals surface area contributed by atoms with E-state index in [1.807, 2.05) is 0 Å². The molecule has 0 N–H and O–H groups in total. The standard InChI is InChI=1S/C14H9Cl2FO2/c15-12-6-5-11(7-13(12)16)19-8-14(18)9-1-3-10(17)4-2-9/h1-7H,8H2. The van der Waals surface area contributed by atoms with Crippen LogP contribution in [0.4, 0.5) is 4.39 Å². The minimum atomic E-state index is -0.387. The number of rotatable bonds is 4. The average molecular weight is 299 g/mol. The van der Waals surface area contributed by atoms with Gasteiger partial charge in [0.2, 0.25) is 0 Å². The first-order valence-corrected chi connectivity index (χ1v) is 6.18. The van der Waals surface area contributed by atoms with E-state index in [0.29, 0.717) is 21.4 Å². The first-order chi connectivity index (χ1) is 9.06. The van der Waals surface area contributed by atoms with Gasteiger partial charge in [-0.15, -0.1) is 0 Å². The maximum atomic E-state index is 12.7. The molecule has 2 nitrogen and oxygen atoms in total. The molecule has 0 aliphatic rings. The molecular weight excluding hydrogens is 290 g/mol. The molecule has 0 aliphatic carbocycles. The third-order valence-electron chi connectivity index (χ3n) is 2.43. The van der Waals surface area contributed by atoms with Crippen molar-refractivity contribution in [2.75, 3.05) is 6.61 Å². The van der Waals surface area contributed by atoms with Crippen LogP contribution in [0.5, 0.6) is 5.75 Å². The van der Waals surface area contributed by atoms with Gasteiger partial charge >= 0.3 is 0 Å². The topological polar surface area (TPSA) is 26.3 Å². The van der Waals surface area contributed by atoms with E-state index in [4.69, 9.17) is 27.9 Å². The third-order valence-corrected chi connectivity index (χ3v) is 3.17. The van der Waals surface area contributed by atoms with Crippen LogP contribution in [0.1, 0.15) is 10.4 Å². The molecule has 0 fully saturated rings. The van der Waals surface area contributed by atoms with Crippen LogP contribution in [0.25, 0.3) is 0 Å². The smallest absolute Gasteiger partial charge is 0.200 e. The van der Waals surface area contributed by atoms with Crippen molar-refractivity contribution in [1.29, 1.82) is 0 Å². The normalized spacial score (nSPS) is 10.3. The van der Waals surface area contributed by atoms with Crippen molar-refractivity contribution >= 4 is 29.0 Å². The molecule has 2 rings (SSSR count). The number of benzene rings is 2. The van der Waals surface area contributed by atoms with E-state index in [2.05, 4.69) is 0 Å². The van der Waals surface area contributed by atoms with Gasteiger partial charge in [0, 0.05) is 11.6 Å². The highest BCUT2D eigenvalue weighted by Crippen LogP contribution is 2.26. The predicted octanol–water partition coefficient (Wildman–Crippen LogP) is 4.39. The lowest BCUT2D eigenvalue weighted by molar-refractivity contribution is 0.0921. The number of hydrogen-bond donors (Lipinski definition) is 0. The number of halogens is 3. The molecule has 2 aromatic rings. The van der Waals surface area contributed by atoms with Crippen molar-refractivity contribution in [3.05, 3.63) is 63.9 Å². The molecule has 0 bridgehead atoms. The molecule has 0 radical (unpaired) electrons. The number of carbonyl (C=O) groups excluding carboxylic acids is 1. The summed E-state index contributed by atoms with van der Waals surface area (Å²) < 4.78 is 18.0. The molecule has 0 aromatic heterocycles. The molecule has 98 valence electrons. The zero-order chi connectivity index (χ0) is 13.8. The Morgan fingerprint density at radius 2 is 1.74 bits per heavy atom. The third kappa shape index (κ3) is 3.69. The van der Waals surface area contributed by atoms with Gasteiger partial charge in [0.25, 0.3) is 0 Å². The Hall–Kier alpha value is -1.58. The zero-order valence-electron chi connectivity index (χ0n) is 9.70. The van der Waals surface area contributed by atoms with Crippen molar-refractivity contribution < 1.29 is 13.9 Å². The van der Waals surface area contributed by atoms with E-state index in [1.165, 1.54) is 30.3 Å². The van der Waals surface area contributed by atoms with Crippen molar-refractivity contribution in [3.8, 4) is 5.75 Å². The molecule has 0 saturated carbocycles. The molecule has 0 unspecified atom stereocenters. The highest BCUT2D eigenvalue weighted by atomic mass is 35.5. The van der Waals surface area contributed by atoms with Crippen LogP contribution in [0.2, 0.25) is 10.0 Å². The minimum Gasteiger partial charge on any atom is -0.485 e. The Labute approximate surface area is 119 Å². The van der Waals surface area contributed by atoms with Crippen molar-refractivity contribution in [2.24, 2.45) is 0 Å². The summed E-state index contributed by atoms with van der Waals surface area (Å²) >= 11 is 11.6. The lowest BCUT2D eigenvalue weighted by Gasteiger charge is -2.06. The molecule has 2 aromatic carbocycles. The van der Waals surface area contributed by atoms with Crippen LogP contribution in [0.15, 0.2) is 42.5 Å². The predicted molar refractivity (Wildman–Crippen MR) is 72.7 cm³/mol. The van der Waals surface area contributed by atoms with E-state index in [-0.39, 0.29) is 18.2 Å². The van der Waals surface area contributed by atoms with Crippen molar-refractivity contribution in [1.82, 2.24) is 0 Å². The molecule has 5 heteroatoms. The highest BCUT2D eigenvalue weighted by Gasteiger charge is 2.08. The summed E-state index contributed by atoms with van der Waals surface area (Å²) in [6, 6.07) is 10.0. The van der Waals surface area contributed by atoms with Gasteiger partial charge in [0.05, 0.1) is 10.0 Å². The summed E-state index contributed by atoms with van der Waals surface area (Å²) in [5.74, 6) is -0.183. The van der Waals surface area contributed by atoms with Gasteiger partial charge < -0.3 is 4.74 Å². The first kappa shape index (κ1) is 13.8. The lowest BCUT2D eigenvalue weighted by Crippen LogP contribution is -2.11. The maximum Gasteiger partial charge on any atom is 0.200 e. The second kappa shape index (κ2) is 6.04. The van der Waals surface area contributed by atoms with E-state index in [0.717, 1.165) is 0 Å². The number of carbonyl (C=O) groups is 1. The molecule has 0 saturated heterocycles. The Morgan fingerprint density at radius 3 is 2.37 bits per heavy atom. The fourth-order valence-electron chi connectivity index (χ4n) is 1.43. The van der Waals surface area contributed by atoms with E-state index in [9.17, 15) is 9.18 Å². The Kier molecular flexibility index (Phi) is 4.40. The summed E-state index contributed by atoms with van der Waals surface area (Å²) in [6.45, 7) is -0.149. The minimum absolute atomic E-state index is 0.149. The Balaban J connectivity index is 2.00. The fraction of sp³-hybridized carbons (Fsp3) is 0.0714. The SMILES string of the molecule is O=C(COc1ccc(Cl)c(Cl)c1)c1ccc(F)cc1. The average Bonchev–Trinajstić information content (AvgIpc) is 2.40. The van der Waals surface area contributed by atoms with Gasteiger partial charge in [0.1, 0.15) is 11.6 Å². The summed E-state index contributed by atoms with van der Waals surface area (Å²) in [6.07, 6.45) is 0. The van der Waals surface area contributed by atoms with Gasteiger partial charge in [-0.05, 0) is 36.4 Å². The second-order valence-corrected chi connectivity index (χ2v) is 4.61. The molecule has 0 aliphatic heterocycles. The molecule has 0 atom stereocenters. The molecule has 19 heavy (non-hydrogen) atoms. The van der Waals surface area contributed by atoms with Crippen LogP contribution in [0.3, 0.4) is 0 Å². The van der Waals surface area contributed by atoms with E-state index >= 15 is 0 Å². The summed E-state index contributed by atoms with van der Waals surface area (Å²) in [7, 11) is 0. The Bertz CT molecular complexity index is 597. The Morgan fingerprint density at radius 1 is 1.05 bits per heavy atom. The van der Waals surface area contributed by atoms with Crippen LogP contribution in [0, 0.1) is 5.82 Å². The largest absolute Gasteiger partial charge is 0.485 e. The zero-order valence-corrected chi connectivity index (χ0v) is 11.2. The summed E-state index contributed by atoms with van der Waals surface area (Å²) in [5, 5.41) is 0.771. The molecule has 0 spiro atoms. The quantitative estimate of drug-likeness (QED) is 0.782. The van der Waals surface area contributed by atoms with Crippen LogP contribution in [-0.2, 0) is 0 Å². The van der Waals surface area contributed by atoms with E-state index in [1.54, 1.807) is 12.1 Å². The fourth-order valence-corrected chi connectivity index (χ4v) is 1.72. The molecule has 0 heterocycles. The summed E-state index contributed by atoms with van der Waals surface area (Å²) in [4.78, 5) is 11.8. The van der Waals surface area contributed by atoms with Crippen molar-refractivity contribution in [2.45, 2.75) is 0 Å². The van der Waals surface area contributed by atoms with Gasteiger partial charge in [-0.25, -0.2) is 4.39 Å². The van der Waals surface area contributed by atoms with Crippen LogP contribution in [-0.4, -0.2) is 12.4 Å². The van der Waals surface area contributed by atoms with Gasteiger partial charge in [-0.2, -0.15) is 0 Å².